The highest BCUT2D eigenvalue weighted by molar-refractivity contribution is 6.59. The molecule has 1 aromatic rings. The van der Waals surface area contributed by atoms with Crippen molar-refractivity contribution in [1.82, 2.24) is 4.98 Å². The number of hydrogen-bond donors (Lipinski definition) is 2. The summed E-state index contributed by atoms with van der Waals surface area (Å²) in [5.41, 5.74) is 0.0738. The molecule has 2 rings (SSSR count). The number of aromatic nitrogens is 1. The molecular weight excluding hydrogens is 229 g/mol. The van der Waals surface area contributed by atoms with Crippen molar-refractivity contribution in [3.05, 3.63) is 17.3 Å². The summed E-state index contributed by atoms with van der Waals surface area (Å²) in [6.07, 6.45) is 1.64. The summed E-state index contributed by atoms with van der Waals surface area (Å²) < 4.78 is 9.66. The van der Waals surface area contributed by atoms with E-state index in [1.165, 1.54) is 13.3 Å². The molecular formula is C9H10BNO6-2. The van der Waals surface area contributed by atoms with Gasteiger partial charge in [0.15, 0.2) is 0 Å². The zero-order chi connectivity index (χ0) is 12.6. The van der Waals surface area contributed by atoms with Crippen LogP contribution in [0.25, 0.3) is 0 Å². The van der Waals surface area contributed by atoms with Crippen molar-refractivity contribution in [2.24, 2.45) is 0 Å². The van der Waals surface area contributed by atoms with Gasteiger partial charge in [-0.25, -0.2) is 4.98 Å². The van der Waals surface area contributed by atoms with Gasteiger partial charge in [0.2, 0.25) is 5.88 Å². The van der Waals surface area contributed by atoms with Gasteiger partial charge in [-0.1, -0.05) is 6.32 Å². The lowest BCUT2D eigenvalue weighted by atomic mass is 9.70. The Kier molecular flexibility index (Phi) is 2.68. The summed E-state index contributed by atoms with van der Waals surface area (Å²) in [6.45, 7) is -3.04. The second-order valence-corrected chi connectivity index (χ2v) is 3.80. The van der Waals surface area contributed by atoms with E-state index in [0.29, 0.717) is 5.56 Å². The maximum Gasteiger partial charge on any atom is 0.430 e. The van der Waals surface area contributed by atoms with Crippen LogP contribution in [0.1, 0.15) is 15.9 Å². The quantitative estimate of drug-likeness (QED) is 0.592. The molecule has 2 heterocycles. The van der Waals surface area contributed by atoms with Crippen LogP contribution in [0.5, 0.6) is 11.6 Å². The average molecular weight is 239 g/mol. The van der Waals surface area contributed by atoms with Gasteiger partial charge >= 0.3 is 6.75 Å². The fraction of sp³-hybridized carbons (Fsp3) is 0.333. The monoisotopic (exact) mass is 239 g/mol. The first-order valence-electron chi connectivity index (χ1n) is 5.01. The molecule has 8 heteroatoms. The Labute approximate surface area is 96.6 Å². The molecule has 0 atom stereocenters. The molecule has 0 bridgehead atoms. The van der Waals surface area contributed by atoms with Crippen LogP contribution >= 0.6 is 0 Å². The molecule has 0 saturated carbocycles. The van der Waals surface area contributed by atoms with Crippen LogP contribution in [0.3, 0.4) is 0 Å². The molecule has 1 aliphatic heterocycles. The molecule has 0 aliphatic carbocycles. The van der Waals surface area contributed by atoms with Crippen LogP contribution in [0, 0.1) is 0 Å². The van der Waals surface area contributed by atoms with Gasteiger partial charge in [-0.2, -0.15) is 0 Å². The Hall–Kier alpha value is -1.80. The first-order chi connectivity index (χ1) is 7.94. The lowest BCUT2D eigenvalue weighted by Gasteiger charge is -2.37. The summed E-state index contributed by atoms with van der Waals surface area (Å²) in [6, 6.07) is 0. The predicted octanol–water partition coefficient (Wildman–Crippen LogP) is -1.69. The van der Waals surface area contributed by atoms with Crippen LogP contribution in [0.15, 0.2) is 6.20 Å². The Morgan fingerprint density at radius 2 is 2.35 bits per heavy atom. The number of carbonyl (C=O) groups is 1. The van der Waals surface area contributed by atoms with E-state index in [2.05, 4.69) is 4.98 Å². The molecule has 0 amide bonds. The number of aryl methyl sites for hydroxylation is 1. The van der Waals surface area contributed by atoms with E-state index < -0.39 is 18.3 Å². The molecule has 7 nitrogen and oxygen atoms in total. The maximum atomic E-state index is 11.0. The number of carboxylic acid groups (broad SMARTS) is 1. The van der Waals surface area contributed by atoms with Crippen molar-refractivity contribution >= 4 is 12.7 Å². The Balaban J connectivity index is 2.59. The van der Waals surface area contributed by atoms with Gasteiger partial charge in [-0.05, 0) is 6.42 Å². The van der Waals surface area contributed by atoms with Crippen molar-refractivity contribution in [1.29, 1.82) is 0 Å². The third-order valence-electron chi connectivity index (χ3n) is 2.56. The molecule has 0 spiro atoms. The van der Waals surface area contributed by atoms with Crippen LogP contribution in [0.2, 0.25) is 6.32 Å². The van der Waals surface area contributed by atoms with Crippen LogP contribution < -0.4 is 14.5 Å². The molecule has 1 aliphatic rings. The zero-order valence-electron chi connectivity index (χ0n) is 9.04. The van der Waals surface area contributed by atoms with E-state index in [4.69, 9.17) is 9.39 Å². The van der Waals surface area contributed by atoms with E-state index in [-0.39, 0.29) is 24.4 Å². The largest absolute Gasteiger partial charge is 0.669 e. The van der Waals surface area contributed by atoms with Gasteiger partial charge < -0.3 is 29.3 Å². The number of carboxylic acids is 1. The highest BCUT2D eigenvalue weighted by Crippen LogP contribution is 2.35. The van der Waals surface area contributed by atoms with Gasteiger partial charge in [0.05, 0.1) is 24.4 Å². The minimum absolute atomic E-state index is 0.00645. The van der Waals surface area contributed by atoms with Gasteiger partial charge in [-0.15, -0.1) is 0 Å². The molecule has 0 unspecified atom stereocenters. The Morgan fingerprint density at radius 3 is 2.94 bits per heavy atom. The first-order valence-corrected chi connectivity index (χ1v) is 5.01. The number of aromatic carboxylic acids is 1. The molecule has 0 fully saturated rings. The van der Waals surface area contributed by atoms with Gasteiger partial charge in [0, 0.05) is 11.8 Å². The molecule has 0 aromatic carbocycles. The van der Waals surface area contributed by atoms with E-state index >= 15 is 0 Å². The first kappa shape index (κ1) is 11.7. The van der Waals surface area contributed by atoms with Gasteiger partial charge in [0.1, 0.15) is 0 Å². The fourth-order valence-electron chi connectivity index (χ4n) is 1.76. The fourth-order valence-corrected chi connectivity index (χ4v) is 1.76. The highest BCUT2D eigenvalue weighted by Gasteiger charge is 2.31. The lowest BCUT2D eigenvalue weighted by molar-refractivity contribution is -0.255. The third kappa shape index (κ3) is 2.04. The number of ether oxygens (including phenoxy) is 1. The number of carbonyl (C=O) groups excluding carboxylic acids is 1. The summed E-state index contributed by atoms with van der Waals surface area (Å²) in [5, 5.41) is 29.8. The smallest absolute Gasteiger partial charge is 0.430 e. The van der Waals surface area contributed by atoms with Crippen molar-refractivity contribution in [2.75, 3.05) is 7.11 Å². The Bertz CT molecular complexity index is 475. The molecule has 2 N–H and O–H groups in total. The van der Waals surface area contributed by atoms with Crippen molar-refractivity contribution < 1.29 is 29.3 Å². The summed E-state index contributed by atoms with van der Waals surface area (Å²) >= 11 is 0. The lowest BCUT2D eigenvalue weighted by Crippen LogP contribution is -2.46. The topological polar surface area (TPSA) is 112 Å². The van der Waals surface area contributed by atoms with Gasteiger partial charge in [0.25, 0.3) is 0 Å². The van der Waals surface area contributed by atoms with Gasteiger partial charge in [-0.3, -0.25) is 0 Å². The summed E-state index contributed by atoms with van der Waals surface area (Å²) in [7, 11) is 1.25. The average Bonchev–Trinajstić information content (AvgIpc) is 2.25. The SMILES string of the molecule is COc1ncc2c(c1C(=O)[O-])O[B-](O)(O)CC2. The summed E-state index contributed by atoms with van der Waals surface area (Å²) in [4.78, 5) is 14.8. The molecule has 17 heavy (non-hydrogen) atoms. The maximum absolute atomic E-state index is 11.0. The van der Waals surface area contributed by atoms with Crippen LogP contribution in [0.4, 0.5) is 0 Å². The van der Waals surface area contributed by atoms with E-state index in [1.54, 1.807) is 0 Å². The number of methoxy groups -OCH3 is 1. The molecule has 1 aromatic heterocycles. The normalized spacial score (nSPS) is 16.9. The second-order valence-electron chi connectivity index (χ2n) is 3.80. The van der Waals surface area contributed by atoms with E-state index in [9.17, 15) is 19.9 Å². The highest BCUT2D eigenvalue weighted by atomic mass is 16.6. The number of pyridine rings is 1. The number of rotatable bonds is 2. The van der Waals surface area contributed by atoms with E-state index in [1.807, 2.05) is 0 Å². The Morgan fingerprint density at radius 1 is 1.65 bits per heavy atom. The van der Waals surface area contributed by atoms with Crippen molar-refractivity contribution in [3.63, 3.8) is 0 Å². The molecule has 0 radical (unpaired) electrons. The number of nitrogens with zero attached hydrogens (tertiary/aromatic N) is 1. The predicted molar refractivity (Wildman–Crippen MR) is 54.5 cm³/mol. The third-order valence-corrected chi connectivity index (χ3v) is 2.56. The minimum Gasteiger partial charge on any atom is -0.669 e. The van der Waals surface area contributed by atoms with Crippen LogP contribution in [-0.2, 0) is 6.42 Å². The summed E-state index contributed by atoms with van der Waals surface area (Å²) in [5.74, 6) is -1.87. The standard InChI is InChI=1S/C9H11BNO6/c1-16-8-6(9(12)13)7-5(4-11-8)2-3-10(14,15)17-7/h4,14-15H,2-3H2,1H3,(H,12,13)/q-1/p-1. The zero-order valence-corrected chi connectivity index (χ0v) is 9.04. The number of hydrogen-bond acceptors (Lipinski definition) is 7. The molecule has 92 valence electrons. The molecule has 0 saturated heterocycles. The van der Waals surface area contributed by atoms with Crippen LogP contribution in [-0.4, -0.2) is 34.9 Å². The van der Waals surface area contributed by atoms with Crippen molar-refractivity contribution in [2.45, 2.75) is 12.7 Å². The van der Waals surface area contributed by atoms with E-state index in [0.717, 1.165) is 0 Å². The minimum atomic E-state index is -3.04. The second kappa shape index (κ2) is 3.90. The van der Waals surface area contributed by atoms with Crippen molar-refractivity contribution in [3.8, 4) is 11.6 Å². The number of fused-ring (bicyclic) bond motifs is 1.